The van der Waals surface area contributed by atoms with Crippen LogP contribution in [0.2, 0.25) is 0 Å². The van der Waals surface area contributed by atoms with E-state index in [1.165, 1.54) is 36.4 Å². The van der Waals surface area contributed by atoms with Gasteiger partial charge in [0.25, 0.3) is 0 Å². The molecule has 0 amide bonds. The molecule has 0 saturated carbocycles. The zero-order valence-corrected chi connectivity index (χ0v) is 12.2. The Morgan fingerprint density at radius 1 is 0.750 bits per heavy atom. The average Bonchev–Trinajstić information content (AvgIpc) is 3.16. The van der Waals surface area contributed by atoms with Gasteiger partial charge in [-0.1, -0.05) is 0 Å². The third kappa shape index (κ3) is 2.41. The Balaban J connectivity index is 1.69. The van der Waals surface area contributed by atoms with Crippen LogP contribution >= 0.6 is 0 Å². The van der Waals surface area contributed by atoms with Crippen molar-refractivity contribution in [2.24, 2.45) is 0 Å². The molecular formula is C16H12F2N4O2. The number of H-pyrrole nitrogens is 2. The van der Waals surface area contributed by atoms with Gasteiger partial charge in [-0.25, -0.2) is 18.7 Å². The van der Waals surface area contributed by atoms with E-state index in [1.807, 2.05) is 0 Å². The number of imidazole rings is 2. The summed E-state index contributed by atoms with van der Waals surface area (Å²) < 4.78 is 26.4. The maximum Gasteiger partial charge on any atom is 0.145 e. The number of hydrogen-bond acceptors (Lipinski definition) is 4. The van der Waals surface area contributed by atoms with Gasteiger partial charge in [-0.05, 0) is 36.4 Å². The van der Waals surface area contributed by atoms with E-state index in [9.17, 15) is 19.0 Å². The first-order valence-electron chi connectivity index (χ1n) is 7.18. The number of nitrogens with one attached hydrogen (secondary N) is 2. The lowest BCUT2D eigenvalue weighted by Crippen LogP contribution is -2.13. The fourth-order valence-corrected chi connectivity index (χ4v) is 2.58. The second-order valence-corrected chi connectivity index (χ2v) is 5.46. The molecule has 0 radical (unpaired) electrons. The van der Waals surface area contributed by atoms with Crippen molar-refractivity contribution < 1.29 is 19.0 Å². The summed E-state index contributed by atoms with van der Waals surface area (Å²) in [5, 5.41) is 20.6. The summed E-state index contributed by atoms with van der Waals surface area (Å²) in [5.74, 6) is -0.719. The Bertz CT molecular complexity index is 959. The monoisotopic (exact) mass is 330 g/mol. The van der Waals surface area contributed by atoms with E-state index in [0.717, 1.165) is 0 Å². The normalized spacial score (nSPS) is 14.3. The standard InChI is InChI=1S/C16H12F2N4O2/c17-7-1-3-9-11(5-7)21-15(19-9)13(23)14(24)16-20-10-4-2-8(18)6-12(10)22-16/h1-6,13-14,23-24H,(H,19,21)(H,20,22)/t13-,14-/m0/s1. The maximum atomic E-state index is 13.2. The first-order valence-corrected chi connectivity index (χ1v) is 7.18. The van der Waals surface area contributed by atoms with Crippen LogP contribution in [0.5, 0.6) is 0 Å². The Hall–Kier alpha value is -2.84. The van der Waals surface area contributed by atoms with Crippen LogP contribution in [0, 0.1) is 11.6 Å². The molecule has 0 aliphatic carbocycles. The van der Waals surface area contributed by atoms with E-state index < -0.39 is 23.8 Å². The van der Waals surface area contributed by atoms with Crippen molar-refractivity contribution in [1.82, 2.24) is 19.9 Å². The first kappa shape index (κ1) is 14.7. The molecule has 0 aliphatic rings. The summed E-state index contributed by atoms with van der Waals surface area (Å²) in [5.41, 5.74) is 1.74. The summed E-state index contributed by atoms with van der Waals surface area (Å²) in [7, 11) is 0. The van der Waals surface area contributed by atoms with Gasteiger partial charge in [0.15, 0.2) is 0 Å². The predicted molar refractivity (Wildman–Crippen MR) is 82.0 cm³/mol. The molecule has 0 fully saturated rings. The van der Waals surface area contributed by atoms with E-state index in [4.69, 9.17) is 0 Å². The summed E-state index contributed by atoms with van der Waals surface area (Å²) in [6.45, 7) is 0. The van der Waals surface area contributed by atoms with Gasteiger partial charge < -0.3 is 20.2 Å². The maximum absolute atomic E-state index is 13.2. The molecule has 2 atom stereocenters. The second kappa shape index (κ2) is 5.36. The lowest BCUT2D eigenvalue weighted by Gasteiger charge is -2.13. The van der Waals surface area contributed by atoms with Crippen LogP contribution in [-0.4, -0.2) is 30.1 Å². The van der Waals surface area contributed by atoms with Crippen molar-refractivity contribution >= 4 is 22.1 Å². The average molecular weight is 330 g/mol. The number of aliphatic hydroxyl groups is 2. The van der Waals surface area contributed by atoms with Crippen molar-refractivity contribution in [3.63, 3.8) is 0 Å². The molecule has 0 saturated heterocycles. The third-order valence-corrected chi connectivity index (χ3v) is 3.78. The largest absolute Gasteiger partial charge is 0.382 e. The van der Waals surface area contributed by atoms with E-state index in [-0.39, 0.29) is 11.6 Å². The number of benzene rings is 2. The van der Waals surface area contributed by atoms with Crippen LogP contribution in [0.25, 0.3) is 22.1 Å². The van der Waals surface area contributed by atoms with Crippen LogP contribution in [0.1, 0.15) is 23.9 Å². The van der Waals surface area contributed by atoms with Crippen LogP contribution in [-0.2, 0) is 0 Å². The van der Waals surface area contributed by atoms with Crippen LogP contribution in [0.3, 0.4) is 0 Å². The minimum Gasteiger partial charge on any atom is -0.382 e. The molecule has 4 rings (SSSR count). The van der Waals surface area contributed by atoms with E-state index >= 15 is 0 Å². The summed E-state index contributed by atoms with van der Waals surface area (Å²) >= 11 is 0. The molecular weight excluding hydrogens is 318 g/mol. The number of aliphatic hydroxyl groups excluding tert-OH is 2. The van der Waals surface area contributed by atoms with Gasteiger partial charge >= 0.3 is 0 Å². The van der Waals surface area contributed by atoms with Gasteiger partial charge in [-0.15, -0.1) is 0 Å². The summed E-state index contributed by atoms with van der Waals surface area (Å²) in [4.78, 5) is 13.8. The Morgan fingerprint density at radius 2 is 1.17 bits per heavy atom. The highest BCUT2D eigenvalue weighted by Crippen LogP contribution is 2.28. The number of fused-ring (bicyclic) bond motifs is 2. The van der Waals surface area contributed by atoms with Crippen molar-refractivity contribution in [3.8, 4) is 0 Å². The summed E-state index contributed by atoms with van der Waals surface area (Å²) in [6, 6.07) is 7.93. The Labute approximate surface area is 133 Å². The van der Waals surface area contributed by atoms with Crippen molar-refractivity contribution in [2.45, 2.75) is 12.2 Å². The van der Waals surface area contributed by atoms with E-state index in [0.29, 0.717) is 22.1 Å². The predicted octanol–water partition coefficient (Wildman–Crippen LogP) is 2.48. The molecule has 2 heterocycles. The highest BCUT2D eigenvalue weighted by molar-refractivity contribution is 5.76. The number of aromatic nitrogens is 4. The van der Waals surface area contributed by atoms with Gasteiger partial charge in [0.05, 0.1) is 22.1 Å². The van der Waals surface area contributed by atoms with Crippen molar-refractivity contribution in [1.29, 1.82) is 0 Å². The highest BCUT2D eigenvalue weighted by atomic mass is 19.1. The van der Waals surface area contributed by atoms with Gasteiger partial charge in [-0.2, -0.15) is 0 Å². The van der Waals surface area contributed by atoms with Crippen molar-refractivity contribution in [3.05, 3.63) is 59.7 Å². The summed E-state index contributed by atoms with van der Waals surface area (Å²) in [6.07, 6.45) is -2.82. The number of nitrogens with zero attached hydrogens (tertiary/aromatic N) is 2. The van der Waals surface area contributed by atoms with Gasteiger partial charge in [0.2, 0.25) is 0 Å². The molecule has 0 spiro atoms. The minimum absolute atomic E-state index is 0.0785. The zero-order chi connectivity index (χ0) is 16.8. The third-order valence-electron chi connectivity index (χ3n) is 3.78. The number of halogens is 2. The molecule has 4 aromatic rings. The van der Waals surface area contributed by atoms with Gasteiger partial charge in [0.1, 0.15) is 35.5 Å². The van der Waals surface area contributed by atoms with Crippen LogP contribution < -0.4 is 0 Å². The number of hydrogen-bond donors (Lipinski definition) is 4. The molecule has 2 aromatic heterocycles. The Kier molecular flexibility index (Phi) is 3.29. The molecule has 6 nitrogen and oxygen atoms in total. The van der Waals surface area contributed by atoms with Crippen molar-refractivity contribution in [2.75, 3.05) is 0 Å². The minimum atomic E-state index is -1.41. The lowest BCUT2D eigenvalue weighted by atomic mass is 10.2. The number of rotatable bonds is 3. The molecule has 8 heteroatoms. The molecule has 122 valence electrons. The first-order chi connectivity index (χ1) is 11.5. The molecule has 0 aliphatic heterocycles. The lowest BCUT2D eigenvalue weighted by molar-refractivity contribution is 0.00779. The molecule has 0 unspecified atom stereocenters. The van der Waals surface area contributed by atoms with Gasteiger partial charge in [0, 0.05) is 0 Å². The fourth-order valence-electron chi connectivity index (χ4n) is 2.58. The Morgan fingerprint density at radius 3 is 1.58 bits per heavy atom. The molecule has 0 bridgehead atoms. The zero-order valence-electron chi connectivity index (χ0n) is 12.2. The topological polar surface area (TPSA) is 97.8 Å². The smallest absolute Gasteiger partial charge is 0.145 e. The quantitative estimate of drug-likeness (QED) is 0.464. The van der Waals surface area contributed by atoms with E-state index in [2.05, 4.69) is 19.9 Å². The van der Waals surface area contributed by atoms with Crippen LogP contribution in [0.4, 0.5) is 8.78 Å². The number of aromatic amines is 2. The van der Waals surface area contributed by atoms with Crippen LogP contribution in [0.15, 0.2) is 36.4 Å². The molecule has 4 N–H and O–H groups in total. The van der Waals surface area contributed by atoms with Gasteiger partial charge in [-0.3, -0.25) is 0 Å². The second-order valence-electron chi connectivity index (χ2n) is 5.46. The highest BCUT2D eigenvalue weighted by Gasteiger charge is 2.26. The molecule has 24 heavy (non-hydrogen) atoms. The SMILES string of the molecule is O[C@H](c1nc2ccc(F)cc2[nH]1)[C@H](O)c1nc2ccc(F)cc2[nH]1. The molecule has 2 aromatic carbocycles. The fraction of sp³-hybridized carbons (Fsp3) is 0.125. The van der Waals surface area contributed by atoms with E-state index in [1.54, 1.807) is 0 Å².